The smallest absolute Gasteiger partial charge is 0.349 e. The molecule has 0 aliphatic heterocycles. The van der Waals surface area contributed by atoms with Crippen LogP contribution in [0.4, 0.5) is 0 Å². The zero-order valence-corrected chi connectivity index (χ0v) is 15.8. The third-order valence-electron chi connectivity index (χ3n) is 3.55. The number of aryl methyl sites for hydroxylation is 1. The molecule has 0 saturated carbocycles. The molecule has 0 aliphatic rings. The van der Waals surface area contributed by atoms with Gasteiger partial charge in [0.1, 0.15) is 5.75 Å². The third-order valence-corrected chi connectivity index (χ3v) is 4.14. The number of benzene rings is 2. The van der Waals surface area contributed by atoms with E-state index in [1.165, 1.54) is 6.07 Å². The maximum atomic E-state index is 12.2. The van der Waals surface area contributed by atoms with E-state index in [1.807, 2.05) is 39.0 Å². The molecule has 0 bridgehead atoms. The van der Waals surface area contributed by atoms with Gasteiger partial charge in [-0.05, 0) is 60.0 Å². The Balaban J connectivity index is 2.12. The second kappa shape index (κ2) is 8.54. The summed E-state index contributed by atoms with van der Waals surface area (Å²) in [7, 11) is 0. The first-order chi connectivity index (χ1) is 12.0. The lowest BCUT2D eigenvalue weighted by molar-refractivity contribution is -0.136. The van der Waals surface area contributed by atoms with Crippen molar-refractivity contribution < 1.29 is 19.0 Å². The summed E-state index contributed by atoms with van der Waals surface area (Å²) in [6.45, 7) is 5.86. The molecule has 2 aromatic rings. The lowest BCUT2D eigenvalue weighted by Gasteiger charge is -2.14. The summed E-state index contributed by atoms with van der Waals surface area (Å²) in [6, 6.07) is 10.8. The Morgan fingerprint density at radius 1 is 1.20 bits per heavy atom. The predicted molar refractivity (Wildman–Crippen MR) is 97.1 cm³/mol. The van der Waals surface area contributed by atoms with Crippen LogP contribution in [0.2, 0.25) is 0 Å². The minimum atomic E-state index is -0.563. The van der Waals surface area contributed by atoms with E-state index in [-0.39, 0.29) is 12.4 Å². The number of rotatable bonds is 6. The van der Waals surface area contributed by atoms with E-state index in [2.05, 4.69) is 15.9 Å². The summed E-state index contributed by atoms with van der Waals surface area (Å²) in [6.07, 6.45) is 0. The first-order valence-corrected chi connectivity index (χ1v) is 8.51. The molecule has 0 aromatic heterocycles. The summed E-state index contributed by atoms with van der Waals surface area (Å²) < 4.78 is 16.9. The van der Waals surface area contributed by atoms with E-state index in [0.717, 1.165) is 11.1 Å². The monoisotopic (exact) mass is 403 g/mol. The zero-order valence-electron chi connectivity index (χ0n) is 14.3. The van der Waals surface area contributed by atoms with Crippen LogP contribution in [0.3, 0.4) is 0 Å². The summed E-state index contributed by atoms with van der Waals surface area (Å²) >= 11 is 3.31. The van der Waals surface area contributed by atoms with E-state index in [0.29, 0.717) is 28.1 Å². The number of carbonyl (C=O) groups excluding carboxylic acids is 1. The molecular formula is C19H18BrNO4. The average Bonchev–Trinajstić information content (AvgIpc) is 2.59. The molecule has 6 heteroatoms. The molecule has 0 radical (unpaired) electrons. The Morgan fingerprint density at radius 3 is 2.64 bits per heavy atom. The van der Waals surface area contributed by atoms with E-state index < -0.39 is 5.97 Å². The second-order valence-corrected chi connectivity index (χ2v) is 6.15. The Bertz CT molecular complexity index is 827. The van der Waals surface area contributed by atoms with E-state index in [4.69, 9.17) is 19.5 Å². The van der Waals surface area contributed by atoms with Gasteiger partial charge < -0.3 is 14.2 Å². The molecule has 25 heavy (non-hydrogen) atoms. The second-order valence-electron chi connectivity index (χ2n) is 5.29. The number of nitriles is 1. The van der Waals surface area contributed by atoms with Crippen molar-refractivity contribution in [3.8, 4) is 23.3 Å². The van der Waals surface area contributed by atoms with Gasteiger partial charge in [0.05, 0.1) is 22.7 Å². The van der Waals surface area contributed by atoms with Crippen molar-refractivity contribution in [2.24, 2.45) is 0 Å². The highest BCUT2D eigenvalue weighted by atomic mass is 79.9. The van der Waals surface area contributed by atoms with Crippen LogP contribution in [0, 0.1) is 25.2 Å². The van der Waals surface area contributed by atoms with Crippen molar-refractivity contribution in [2.45, 2.75) is 20.8 Å². The number of halogens is 1. The van der Waals surface area contributed by atoms with Crippen molar-refractivity contribution in [3.63, 3.8) is 0 Å². The number of esters is 1. The molecule has 2 aromatic carbocycles. The maximum Gasteiger partial charge on any atom is 0.349 e. The first kappa shape index (κ1) is 18.8. The van der Waals surface area contributed by atoms with Crippen LogP contribution in [-0.4, -0.2) is 19.2 Å². The number of nitrogens with zero attached hydrogens (tertiary/aromatic N) is 1. The van der Waals surface area contributed by atoms with Crippen LogP contribution in [0.5, 0.6) is 17.2 Å². The molecule has 0 amide bonds. The lowest BCUT2D eigenvalue weighted by Crippen LogP contribution is -2.19. The normalized spacial score (nSPS) is 10.0. The molecule has 0 N–H and O–H groups in total. The van der Waals surface area contributed by atoms with Crippen LogP contribution >= 0.6 is 15.9 Å². The van der Waals surface area contributed by atoms with Gasteiger partial charge in [0.25, 0.3) is 0 Å². The Hall–Kier alpha value is -2.52. The molecule has 0 heterocycles. The van der Waals surface area contributed by atoms with Gasteiger partial charge in [-0.25, -0.2) is 4.79 Å². The number of ether oxygens (including phenoxy) is 3. The van der Waals surface area contributed by atoms with Crippen LogP contribution < -0.4 is 14.2 Å². The molecule has 0 atom stereocenters. The van der Waals surface area contributed by atoms with Crippen molar-refractivity contribution in [1.29, 1.82) is 5.26 Å². The molecular weight excluding hydrogens is 386 g/mol. The highest BCUT2D eigenvalue weighted by Crippen LogP contribution is 2.37. The average molecular weight is 404 g/mol. The van der Waals surface area contributed by atoms with Gasteiger partial charge in [0.2, 0.25) is 0 Å². The summed E-state index contributed by atoms with van der Waals surface area (Å²) in [5.41, 5.74) is 2.46. The molecule has 0 unspecified atom stereocenters. The Labute approximate surface area is 155 Å². The SMILES string of the molecule is CCOc1cc(C#N)cc(Br)c1OC(=O)COc1cccc(C)c1C. The van der Waals surface area contributed by atoms with Crippen LogP contribution in [0.1, 0.15) is 23.6 Å². The number of hydrogen-bond acceptors (Lipinski definition) is 5. The van der Waals surface area contributed by atoms with Crippen LogP contribution in [0.25, 0.3) is 0 Å². The lowest BCUT2D eigenvalue weighted by atomic mass is 10.1. The van der Waals surface area contributed by atoms with Crippen LogP contribution in [-0.2, 0) is 4.79 Å². The molecule has 5 nitrogen and oxygen atoms in total. The number of carbonyl (C=O) groups is 1. The van der Waals surface area contributed by atoms with E-state index in [1.54, 1.807) is 12.1 Å². The molecule has 130 valence electrons. The Kier molecular flexibility index (Phi) is 6.43. The molecule has 0 aliphatic carbocycles. The fourth-order valence-corrected chi connectivity index (χ4v) is 2.68. The van der Waals surface area contributed by atoms with Gasteiger partial charge in [-0.3, -0.25) is 0 Å². The van der Waals surface area contributed by atoms with Gasteiger partial charge in [0.15, 0.2) is 18.1 Å². The van der Waals surface area contributed by atoms with Gasteiger partial charge in [-0.15, -0.1) is 0 Å². The van der Waals surface area contributed by atoms with Crippen molar-refractivity contribution in [2.75, 3.05) is 13.2 Å². The van der Waals surface area contributed by atoms with Gasteiger partial charge >= 0.3 is 5.97 Å². The standard InChI is InChI=1S/C19H18BrNO4/c1-4-23-17-9-14(10-21)8-15(20)19(17)25-18(22)11-24-16-7-5-6-12(2)13(16)3/h5-9H,4,11H2,1-3H3. The first-order valence-electron chi connectivity index (χ1n) is 7.72. The van der Waals surface area contributed by atoms with Gasteiger partial charge in [-0.1, -0.05) is 12.1 Å². The van der Waals surface area contributed by atoms with Crippen molar-refractivity contribution in [3.05, 3.63) is 51.5 Å². The van der Waals surface area contributed by atoms with Crippen molar-refractivity contribution >= 4 is 21.9 Å². The minimum absolute atomic E-state index is 0.232. The fourth-order valence-electron chi connectivity index (χ4n) is 2.16. The Morgan fingerprint density at radius 2 is 1.96 bits per heavy atom. The maximum absolute atomic E-state index is 12.2. The predicted octanol–water partition coefficient (Wildman–Crippen LogP) is 4.32. The molecule has 0 fully saturated rings. The van der Waals surface area contributed by atoms with Gasteiger partial charge in [0, 0.05) is 6.07 Å². The zero-order chi connectivity index (χ0) is 18.4. The molecule has 2 rings (SSSR count). The summed E-state index contributed by atoms with van der Waals surface area (Å²) in [5.74, 6) is 0.636. The van der Waals surface area contributed by atoms with Crippen molar-refractivity contribution in [1.82, 2.24) is 0 Å². The molecule has 0 saturated heterocycles. The third kappa shape index (κ3) is 4.74. The minimum Gasteiger partial charge on any atom is -0.490 e. The highest BCUT2D eigenvalue weighted by molar-refractivity contribution is 9.10. The van der Waals surface area contributed by atoms with Gasteiger partial charge in [-0.2, -0.15) is 5.26 Å². The largest absolute Gasteiger partial charge is 0.490 e. The topological polar surface area (TPSA) is 68.5 Å². The van der Waals surface area contributed by atoms with E-state index >= 15 is 0 Å². The fraction of sp³-hybridized carbons (Fsp3) is 0.263. The molecule has 0 spiro atoms. The summed E-state index contributed by atoms with van der Waals surface area (Å²) in [4.78, 5) is 12.2. The quantitative estimate of drug-likeness (QED) is 0.530. The van der Waals surface area contributed by atoms with Crippen LogP contribution in [0.15, 0.2) is 34.8 Å². The summed E-state index contributed by atoms with van der Waals surface area (Å²) in [5, 5.41) is 9.03. The number of hydrogen-bond donors (Lipinski definition) is 0. The van der Waals surface area contributed by atoms with E-state index in [9.17, 15) is 4.79 Å². The highest BCUT2D eigenvalue weighted by Gasteiger charge is 2.17.